The van der Waals surface area contributed by atoms with E-state index in [2.05, 4.69) is 34.2 Å². The van der Waals surface area contributed by atoms with Crippen molar-refractivity contribution in [3.63, 3.8) is 0 Å². The summed E-state index contributed by atoms with van der Waals surface area (Å²) in [5.74, 6) is 0.536. The molecule has 1 heterocycles. The maximum atomic E-state index is 12.7. The van der Waals surface area contributed by atoms with Crippen LogP contribution in [-0.4, -0.2) is 46.9 Å². The van der Waals surface area contributed by atoms with Crippen LogP contribution in [0.5, 0.6) is 0 Å². The molecule has 2 amide bonds. The third kappa shape index (κ3) is 6.22. The Morgan fingerprint density at radius 1 is 0.744 bits per heavy atom. The van der Waals surface area contributed by atoms with E-state index in [0.29, 0.717) is 22.5 Å². The van der Waals surface area contributed by atoms with Gasteiger partial charge >= 0.3 is 0 Å². The molecule has 5 aromatic rings. The molecular formula is C32H31N5O2. The average Bonchev–Trinajstić information content (AvgIpc) is 3.31. The summed E-state index contributed by atoms with van der Waals surface area (Å²) in [5, 5.41) is 5.93. The highest BCUT2D eigenvalue weighted by atomic mass is 16.2. The maximum absolute atomic E-state index is 12.7. The van der Waals surface area contributed by atoms with Crippen LogP contribution in [-0.2, 0) is 6.54 Å². The van der Waals surface area contributed by atoms with E-state index in [-0.39, 0.29) is 11.8 Å². The van der Waals surface area contributed by atoms with Crippen molar-refractivity contribution in [2.45, 2.75) is 13.0 Å². The van der Waals surface area contributed by atoms with Crippen molar-refractivity contribution in [1.29, 1.82) is 0 Å². The molecule has 5 rings (SSSR count). The van der Waals surface area contributed by atoms with Crippen molar-refractivity contribution >= 4 is 34.2 Å². The molecule has 196 valence electrons. The molecule has 4 aromatic carbocycles. The topological polar surface area (TPSA) is 79.3 Å². The Morgan fingerprint density at radius 3 is 1.90 bits per heavy atom. The second-order valence-electron chi connectivity index (χ2n) is 9.67. The summed E-state index contributed by atoms with van der Waals surface area (Å²) in [7, 11) is 4.13. The minimum atomic E-state index is -0.159. The van der Waals surface area contributed by atoms with E-state index in [1.165, 1.54) is 0 Å². The number of fused-ring (bicyclic) bond motifs is 1. The molecule has 0 aliphatic heterocycles. The summed E-state index contributed by atoms with van der Waals surface area (Å²) >= 11 is 0. The summed E-state index contributed by atoms with van der Waals surface area (Å²) in [6, 6.07) is 31.9. The molecule has 0 fully saturated rings. The zero-order chi connectivity index (χ0) is 27.2. The first kappa shape index (κ1) is 25.9. The number of hydrogen-bond acceptors (Lipinski definition) is 4. The van der Waals surface area contributed by atoms with Crippen molar-refractivity contribution < 1.29 is 9.59 Å². The average molecular weight is 518 g/mol. The van der Waals surface area contributed by atoms with E-state index < -0.39 is 0 Å². The van der Waals surface area contributed by atoms with Gasteiger partial charge in [0.2, 0.25) is 0 Å². The Balaban J connectivity index is 1.42. The summed E-state index contributed by atoms with van der Waals surface area (Å²) in [6.07, 6.45) is 0.961. The summed E-state index contributed by atoms with van der Waals surface area (Å²) in [6.45, 7) is 1.75. The van der Waals surface area contributed by atoms with Crippen LogP contribution in [0.2, 0.25) is 0 Å². The number of amides is 2. The van der Waals surface area contributed by atoms with Crippen LogP contribution >= 0.6 is 0 Å². The van der Waals surface area contributed by atoms with Crippen LogP contribution in [0.3, 0.4) is 0 Å². The first-order valence-corrected chi connectivity index (χ1v) is 13.0. The highest BCUT2D eigenvalue weighted by Crippen LogP contribution is 2.28. The second-order valence-corrected chi connectivity index (χ2v) is 9.67. The number of aryl methyl sites for hydroxylation is 1. The number of hydrogen-bond donors (Lipinski definition) is 2. The zero-order valence-corrected chi connectivity index (χ0v) is 22.1. The van der Waals surface area contributed by atoms with E-state index in [4.69, 9.17) is 4.98 Å². The number of imidazole rings is 1. The predicted octanol–water partition coefficient (Wildman–Crippen LogP) is 6.16. The Hall–Kier alpha value is -4.75. The van der Waals surface area contributed by atoms with E-state index in [1.54, 1.807) is 24.3 Å². The number of aromatic nitrogens is 2. The van der Waals surface area contributed by atoms with Gasteiger partial charge in [-0.3, -0.25) is 9.59 Å². The molecule has 0 aliphatic rings. The highest BCUT2D eigenvalue weighted by molar-refractivity contribution is 6.05. The molecule has 7 nitrogen and oxygen atoms in total. The Bertz CT molecular complexity index is 1580. The largest absolute Gasteiger partial charge is 0.324 e. The molecule has 0 atom stereocenters. The molecular weight excluding hydrogens is 486 g/mol. The molecule has 0 aliphatic carbocycles. The van der Waals surface area contributed by atoms with Crippen molar-refractivity contribution in [2.24, 2.45) is 0 Å². The van der Waals surface area contributed by atoms with Gasteiger partial charge in [-0.05, 0) is 93.8 Å². The van der Waals surface area contributed by atoms with Crippen LogP contribution in [0.1, 0.15) is 27.1 Å². The first-order valence-electron chi connectivity index (χ1n) is 13.0. The van der Waals surface area contributed by atoms with Gasteiger partial charge < -0.3 is 20.1 Å². The van der Waals surface area contributed by atoms with Gasteiger partial charge in [0.15, 0.2) is 0 Å². The van der Waals surface area contributed by atoms with Gasteiger partial charge in [-0.15, -0.1) is 0 Å². The Morgan fingerprint density at radius 2 is 1.31 bits per heavy atom. The number of nitrogens with zero attached hydrogens (tertiary/aromatic N) is 3. The van der Waals surface area contributed by atoms with Crippen LogP contribution in [0, 0.1) is 0 Å². The monoisotopic (exact) mass is 517 g/mol. The molecule has 0 saturated carbocycles. The molecule has 0 bridgehead atoms. The molecule has 7 heteroatoms. The van der Waals surface area contributed by atoms with Gasteiger partial charge in [-0.1, -0.05) is 36.4 Å². The van der Waals surface area contributed by atoms with Crippen LogP contribution < -0.4 is 10.6 Å². The van der Waals surface area contributed by atoms with E-state index in [9.17, 15) is 9.59 Å². The number of rotatable bonds is 9. The van der Waals surface area contributed by atoms with Crippen LogP contribution in [0.15, 0.2) is 103 Å². The fourth-order valence-corrected chi connectivity index (χ4v) is 4.49. The molecule has 0 saturated heterocycles. The minimum Gasteiger partial charge on any atom is -0.324 e. The maximum Gasteiger partial charge on any atom is 0.255 e. The Labute approximate surface area is 228 Å². The lowest BCUT2D eigenvalue weighted by Crippen LogP contribution is -2.15. The molecule has 0 radical (unpaired) electrons. The van der Waals surface area contributed by atoms with Gasteiger partial charge in [0.05, 0.1) is 11.0 Å². The van der Waals surface area contributed by atoms with Gasteiger partial charge in [0, 0.05) is 34.6 Å². The molecule has 2 N–H and O–H groups in total. The van der Waals surface area contributed by atoms with Crippen LogP contribution in [0.4, 0.5) is 11.4 Å². The summed E-state index contributed by atoms with van der Waals surface area (Å²) in [4.78, 5) is 32.4. The zero-order valence-electron chi connectivity index (χ0n) is 22.1. The lowest BCUT2D eigenvalue weighted by Gasteiger charge is -2.13. The lowest BCUT2D eigenvalue weighted by molar-refractivity contribution is 0.101. The molecule has 39 heavy (non-hydrogen) atoms. The number of carbonyl (C=O) groups is 2. The minimum absolute atomic E-state index is 0.149. The van der Waals surface area contributed by atoms with Crippen molar-refractivity contribution in [3.8, 4) is 11.4 Å². The van der Waals surface area contributed by atoms with Gasteiger partial charge in [0.25, 0.3) is 11.8 Å². The second kappa shape index (κ2) is 11.8. The smallest absolute Gasteiger partial charge is 0.255 e. The van der Waals surface area contributed by atoms with Gasteiger partial charge in [-0.25, -0.2) is 4.98 Å². The van der Waals surface area contributed by atoms with E-state index >= 15 is 0 Å². The van der Waals surface area contributed by atoms with Gasteiger partial charge in [0.1, 0.15) is 5.82 Å². The van der Waals surface area contributed by atoms with Crippen LogP contribution in [0.25, 0.3) is 22.4 Å². The fourth-order valence-electron chi connectivity index (χ4n) is 4.49. The van der Waals surface area contributed by atoms with E-state index in [0.717, 1.165) is 41.9 Å². The summed E-state index contributed by atoms with van der Waals surface area (Å²) < 4.78 is 2.22. The first-order chi connectivity index (χ1) is 19.0. The van der Waals surface area contributed by atoms with Crippen molar-refractivity contribution in [1.82, 2.24) is 14.5 Å². The predicted molar refractivity (Wildman–Crippen MR) is 157 cm³/mol. The normalized spacial score (nSPS) is 11.1. The fraction of sp³-hybridized carbons (Fsp3) is 0.156. The standard InChI is InChI=1S/C32H31N5O2/c1-36(2)20-9-21-37-29-19-18-27(34-32(39)25-12-7-4-8-13-25)22-28(29)35-30(37)23-14-16-26(17-15-23)33-31(38)24-10-5-3-6-11-24/h3-8,10-19,22H,9,20-21H2,1-2H3,(H,33,38)(H,34,39). The third-order valence-corrected chi connectivity index (χ3v) is 6.47. The number of carbonyl (C=O) groups excluding carboxylic acids is 2. The van der Waals surface area contributed by atoms with E-state index in [1.807, 2.05) is 78.9 Å². The lowest BCUT2D eigenvalue weighted by atomic mass is 10.1. The third-order valence-electron chi connectivity index (χ3n) is 6.47. The molecule has 0 spiro atoms. The van der Waals surface area contributed by atoms with Crippen molar-refractivity contribution in [2.75, 3.05) is 31.3 Å². The number of anilines is 2. The van der Waals surface area contributed by atoms with Gasteiger partial charge in [-0.2, -0.15) is 0 Å². The SMILES string of the molecule is CN(C)CCCn1c(-c2ccc(NC(=O)c3ccccc3)cc2)nc2cc(NC(=O)c3ccccc3)ccc21. The number of benzene rings is 4. The van der Waals surface area contributed by atoms with Crippen molar-refractivity contribution in [3.05, 3.63) is 114 Å². The molecule has 1 aromatic heterocycles. The Kier molecular flexibility index (Phi) is 7.80. The highest BCUT2D eigenvalue weighted by Gasteiger charge is 2.15. The quantitative estimate of drug-likeness (QED) is 0.245. The summed E-state index contributed by atoms with van der Waals surface area (Å²) in [5.41, 5.74) is 5.38. The molecule has 0 unspecified atom stereocenters. The number of nitrogens with one attached hydrogen (secondary N) is 2.